The second kappa shape index (κ2) is 39.8. The first-order valence-corrected chi connectivity index (χ1v) is 40.7. The topological polar surface area (TPSA) is 166 Å². The van der Waals surface area contributed by atoms with Gasteiger partial charge in [-0.25, -0.2) is 49.5 Å². The SMILES string of the molecule is CC(C)(C)[Si](C)(C)OC[C@@]1(c2ccccc2)C=C(c2cc(F)ccc2F)CN1C(=O)Cl.CN(C(=O)OC(C)(C)C)[C@@H]1CCN(C(=O)OCc2ccccc2)C[C@@H]1F.CN1CC[C@@H](N(C)C(=O)N2CC(c3cc(F)ccc3F)=C[C@@]2(CO)c2ccccc2)[C@@H](F)C1.CN[C@@H]1CCN(C)C[C@@H]1F.CN[C@@H]1CCN(C)C[C@@H]1F. The molecule has 5 aromatic rings. The number of hydrogen-bond donors (Lipinski definition) is 3. The number of alkyl halides is 4. The molecule has 110 heavy (non-hydrogen) atoms. The molecule has 4 saturated heterocycles. The number of nitrogens with zero attached hydrogens (tertiary/aromatic N) is 8. The summed E-state index contributed by atoms with van der Waals surface area (Å²) in [7, 11) is 10.3. The van der Waals surface area contributed by atoms with Gasteiger partial charge in [-0.15, -0.1) is 0 Å². The van der Waals surface area contributed by atoms with Crippen molar-refractivity contribution >= 4 is 54.6 Å². The van der Waals surface area contributed by atoms with Crippen molar-refractivity contribution in [1.82, 2.24) is 49.8 Å². The van der Waals surface area contributed by atoms with Crippen molar-refractivity contribution in [3.63, 3.8) is 0 Å². The molecule has 0 aliphatic carbocycles. The summed E-state index contributed by atoms with van der Waals surface area (Å²) in [4.78, 5) is 63.3. The number of rotatable bonds is 14. The number of benzene rings is 5. The van der Waals surface area contributed by atoms with E-state index in [0.29, 0.717) is 55.7 Å². The molecule has 10 atom stereocenters. The standard InChI is InChI=1S/C25H28F3N3O2.C24H28ClF2NO2Si.C19H27FN2O4.2C7H15FN2/c1-29-11-10-23(22(28)15-29)30(2)24(33)31-14-17(20-12-19(26)8-9-21(20)27)13-25(31,16-32)18-6-4-3-5-7-18;1-23(2,3)31(4,5)30-16-24(18-9-7-6-8-10-18)14-17(15-28(24)22(25)29)20-13-19(26)11-12-21(20)27;1-19(2,3)26-17(23)21(4)16-10-11-22(12-15(16)20)18(24)25-13-14-8-6-5-7-9-14;2*1-9-7-3-4-10(2)5-6(7)8/h3-9,12-13,22-23,32H,10-11,14-16H2,1-2H3;6-14H,15-16H2,1-5H3;5-9,15-16H,10-13H2,1-4H3;2*6-7,9H,3-5H2,1-2H3/t22-,23+,25+;24-;15-,16+;2*6-,7+/m01000/s1. The normalized spacial score (nSPS) is 24.6. The van der Waals surface area contributed by atoms with Crippen molar-refractivity contribution in [3.05, 3.63) is 191 Å². The fourth-order valence-corrected chi connectivity index (χ4v) is 15.2. The Morgan fingerprint density at radius 2 is 1.01 bits per heavy atom. The van der Waals surface area contributed by atoms with E-state index in [1.165, 1.54) is 31.5 Å². The first-order chi connectivity index (χ1) is 51.8. The minimum Gasteiger partial charge on any atom is -0.445 e. The molecule has 3 N–H and O–H groups in total. The summed E-state index contributed by atoms with van der Waals surface area (Å²) < 4.78 is 129. The second-order valence-corrected chi connectivity index (χ2v) is 36.8. The zero-order valence-electron chi connectivity index (χ0n) is 66.2. The fourth-order valence-electron chi connectivity index (χ4n) is 13.9. The van der Waals surface area contributed by atoms with Gasteiger partial charge in [0.15, 0.2) is 8.32 Å². The quantitative estimate of drug-likeness (QED) is 0.0416. The number of nitrogens with one attached hydrogen (secondary N) is 2. The molecule has 11 rings (SSSR count). The van der Waals surface area contributed by atoms with Crippen LogP contribution >= 0.6 is 11.6 Å². The van der Waals surface area contributed by atoms with Crippen LogP contribution < -0.4 is 10.6 Å². The number of halogens is 9. The number of hydrogen-bond acceptors (Lipinski definition) is 13. The Kier molecular flexibility index (Phi) is 32.5. The van der Waals surface area contributed by atoms with Crippen LogP contribution in [0.25, 0.3) is 11.1 Å². The maximum atomic E-state index is 14.8. The van der Waals surface area contributed by atoms with Gasteiger partial charge < -0.3 is 68.8 Å². The molecular weight excluding hydrogens is 1470 g/mol. The fraction of sp³-hybridized carbons (Fsp3) is 0.537. The van der Waals surface area contributed by atoms with E-state index in [1.807, 2.05) is 117 Å². The molecule has 0 radical (unpaired) electrons. The first-order valence-electron chi connectivity index (χ1n) is 37.4. The highest BCUT2D eigenvalue weighted by atomic mass is 35.5. The number of ether oxygens (including phenoxy) is 2. The van der Waals surface area contributed by atoms with Crippen LogP contribution in [-0.4, -0.2) is 259 Å². The van der Waals surface area contributed by atoms with Gasteiger partial charge in [0.05, 0.1) is 31.8 Å². The average molecular weight is 1580 g/mol. The molecule has 6 aliphatic rings. The summed E-state index contributed by atoms with van der Waals surface area (Å²) in [5.41, 5.74) is 0.367. The Bertz CT molecular complexity index is 3850. The maximum Gasteiger partial charge on any atom is 0.410 e. The highest BCUT2D eigenvalue weighted by Gasteiger charge is 2.50. The predicted octanol–water partition coefficient (Wildman–Crippen LogP) is 14.7. The largest absolute Gasteiger partial charge is 0.445 e. The van der Waals surface area contributed by atoms with E-state index in [-0.39, 0.29) is 67.6 Å². The third-order valence-corrected chi connectivity index (χ3v) is 26.3. The van der Waals surface area contributed by atoms with Crippen LogP contribution in [0.1, 0.15) is 95.0 Å². The first kappa shape index (κ1) is 89.7. The molecular formula is C82H113ClF8N10O8Si. The lowest BCUT2D eigenvalue weighted by Crippen LogP contribution is -2.58. The molecule has 0 saturated carbocycles. The van der Waals surface area contributed by atoms with Crippen LogP contribution in [0.5, 0.6) is 0 Å². The Hall–Kier alpha value is -7.47. The lowest BCUT2D eigenvalue weighted by atomic mass is 9.89. The summed E-state index contributed by atoms with van der Waals surface area (Å²) in [6, 6.07) is 32.5. The van der Waals surface area contributed by atoms with Gasteiger partial charge >= 0.3 is 23.6 Å². The third kappa shape index (κ3) is 23.6. The Balaban J connectivity index is 0.000000204. The van der Waals surface area contributed by atoms with Crippen LogP contribution in [0.3, 0.4) is 0 Å². The molecule has 0 aromatic heterocycles. The van der Waals surface area contributed by atoms with Gasteiger partial charge in [0, 0.05) is 83.1 Å². The van der Waals surface area contributed by atoms with E-state index < -0.39 is 115 Å². The van der Waals surface area contributed by atoms with E-state index in [1.54, 1.807) is 64.2 Å². The minimum atomic E-state index is -2.18. The summed E-state index contributed by atoms with van der Waals surface area (Å²) >= 11 is 6.02. The van der Waals surface area contributed by atoms with Gasteiger partial charge in [-0.3, -0.25) is 4.79 Å². The summed E-state index contributed by atoms with van der Waals surface area (Å²) in [5, 5.41) is 15.8. The highest BCUT2D eigenvalue weighted by Crippen LogP contribution is 2.46. The summed E-state index contributed by atoms with van der Waals surface area (Å²) in [5.74, 6) is -2.32. The van der Waals surface area contributed by atoms with Crippen LogP contribution in [0.15, 0.2) is 140 Å². The lowest BCUT2D eigenvalue weighted by Gasteiger charge is -2.43. The summed E-state index contributed by atoms with van der Waals surface area (Å²) in [6.45, 7) is 20.1. The predicted molar refractivity (Wildman–Crippen MR) is 419 cm³/mol. The van der Waals surface area contributed by atoms with E-state index >= 15 is 0 Å². The van der Waals surface area contributed by atoms with Crippen LogP contribution in [0, 0.1) is 23.3 Å². The van der Waals surface area contributed by atoms with Gasteiger partial charge in [0.1, 0.15) is 71.2 Å². The Morgan fingerprint density at radius 1 is 0.582 bits per heavy atom. The zero-order valence-corrected chi connectivity index (χ0v) is 68.0. The highest BCUT2D eigenvalue weighted by molar-refractivity contribution is 6.74. The smallest absolute Gasteiger partial charge is 0.410 e. The zero-order chi connectivity index (χ0) is 81.2. The molecule has 0 unspecified atom stereocenters. The summed E-state index contributed by atoms with van der Waals surface area (Å²) in [6.07, 6.45) is 1.01. The molecule has 6 heterocycles. The van der Waals surface area contributed by atoms with E-state index in [2.05, 4.69) is 44.5 Å². The number of urea groups is 1. The monoisotopic (exact) mass is 1580 g/mol. The number of carbonyl (C=O) groups is 4. The Morgan fingerprint density at radius 3 is 1.45 bits per heavy atom. The van der Waals surface area contributed by atoms with E-state index in [4.69, 9.17) is 25.5 Å². The maximum absolute atomic E-state index is 14.8. The van der Waals surface area contributed by atoms with Crippen LogP contribution in [0.4, 0.5) is 54.3 Å². The molecule has 5 aromatic carbocycles. The molecule has 5 amide bonds. The molecule has 0 bridgehead atoms. The van der Waals surface area contributed by atoms with Crippen molar-refractivity contribution in [1.29, 1.82) is 0 Å². The van der Waals surface area contributed by atoms with Crippen molar-refractivity contribution < 1.29 is 73.3 Å². The molecule has 0 spiro atoms. The number of piperidine rings is 4. The number of carbonyl (C=O) groups excluding carboxylic acids is 4. The van der Waals surface area contributed by atoms with Gasteiger partial charge in [0.25, 0.3) is 0 Å². The van der Waals surface area contributed by atoms with Crippen molar-refractivity contribution in [2.75, 3.05) is 128 Å². The molecule has 4 fully saturated rings. The minimum absolute atomic E-state index is 0.0318. The number of aliphatic hydroxyl groups excluding tert-OH is 1. The van der Waals surface area contributed by atoms with Gasteiger partial charge in [-0.1, -0.05) is 112 Å². The number of likely N-dealkylation sites (tertiary alicyclic amines) is 4. The molecule has 28 heteroatoms. The molecule has 6 aliphatic heterocycles. The van der Waals surface area contributed by atoms with Gasteiger partial charge in [-0.2, -0.15) is 0 Å². The Labute approximate surface area is 650 Å². The van der Waals surface area contributed by atoms with E-state index in [0.717, 1.165) is 73.5 Å². The van der Waals surface area contributed by atoms with Gasteiger partial charge in [0.2, 0.25) is 0 Å². The van der Waals surface area contributed by atoms with Gasteiger partial charge in [-0.05, 0) is 201 Å². The third-order valence-electron chi connectivity index (χ3n) is 21.6. The van der Waals surface area contributed by atoms with Crippen LogP contribution in [-0.2, 0) is 31.6 Å². The number of amides is 5. The van der Waals surface area contributed by atoms with Crippen molar-refractivity contribution in [2.45, 2.75) is 157 Å². The second-order valence-electron chi connectivity index (χ2n) is 31.7. The van der Waals surface area contributed by atoms with Crippen LogP contribution in [0.2, 0.25) is 18.1 Å². The van der Waals surface area contributed by atoms with Crippen molar-refractivity contribution in [2.24, 2.45) is 0 Å². The lowest BCUT2D eigenvalue weighted by molar-refractivity contribution is -0.00300. The van der Waals surface area contributed by atoms with Crippen molar-refractivity contribution in [3.8, 4) is 0 Å². The molecule has 18 nitrogen and oxygen atoms in total. The van der Waals surface area contributed by atoms with E-state index in [9.17, 15) is 59.4 Å². The average Bonchev–Trinajstić information content (AvgIpc) is 1.59. The molecule has 606 valence electrons. The number of aliphatic hydroxyl groups is 1.